The Bertz CT molecular complexity index is 548. The number of benzene rings is 3. The molecule has 0 aliphatic rings. The molecule has 3 rings (SSSR count). The zero-order chi connectivity index (χ0) is 15.6. The lowest BCUT2D eigenvalue weighted by Gasteiger charge is -2.18. The van der Waals surface area contributed by atoms with Gasteiger partial charge in [-0.1, -0.05) is 91.0 Å². The van der Waals surface area contributed by atoms with Crippen molar-refractivity contribution in [2.45, 2.75) is 5.92 Å². The number of rotatable bonds is 3. The minimum absolute atomic E-state index is 0. The number of hydrogen-bond donors (Lipinski definition) is 2. The lowest BCUT2D eigenvalue weighted by atomic mass is 9.85. The fourth-order valence-corrected chi connectivity index (χ4v) is 2.51. The third-order valence-corrected chi connectivity index (χ3v) is 3.40. The first kappa shape index (κ1) is 16.0. The Morgan fingerprint density at radius 1 is 0.500 bits per heavy atom. The lowest BCUT2D eigenvalue weighted by Crippen LogP contribution is -2.02. The Labute approximate surface area is 132 Å². The van der Waals surface area contributed by atoms with E-state index < -0.39 is 0 Å². The van der Waals surface area contributed by atoms with E-state index in [2.05, 4.69) is 91.0 Å². The summed E-state index contributed by atoms with van der Waals surface area (Å²) in [5, 5.41) is 14.0. The molecule has 0 heterocycles. The van der Waals surface area contributed by atoms with Gasteiger partial charge in [0.05, 0.1) is 0 Å². The summed E-state index contributed by atoms with van der Waals surface area (Å²) >= 11 is 0. The van der Waals surface area contributed by atoms with Crippen LogP contribution in [0.4, 0.5) is 0 Å². The van der Waals surface area contributed by atoms with Crippen molar-refractivity contribution in [3.63, 3.8) is 0 Å². The van der Waals surface area contributed by atoms with E-state index in [9.17, 15) is 0 Å². The Kier molecular flexibility index (Phi) is 6.43. The fourth-order valence-electron chi connectivity index (χ4n) is 2.51. The molecular formula is C19H18BO2. The van der Waals surface area contributed by atoms with Gasteiger partial charge in [-0.15, -0.1) is 0 Å². The second-order valence-corrected chi connectivity index (χ2v) is 4.78. The smallest absolute Gasteiger partial charge is 0.429 e. The van der Waals surface area contributed by atoms with E-state index >= 15 is 0 Å². The largest absolute Gasteiger partial charge is 0.482 e. The topological polar surface area (TPSA) is 40.5 Å². The van der Waals surface area contributed by atoms with Gasteiger partial charge in [0.2, 0.25) is 0 Å². The molecule has 0 bridgehead atoms. The van der Waals surface area contributed by atoms with Crippen molar-refractivity contribution in [1.29, 1.82) is 0 Å². The van der Waals surface area contributed by atoms with Gasteiger partial charge >= 0.3 is 7.69 Å². The summed E-state index contributed by atoms with van der Waals surface area (Å²) in [7, 11) is 0. The van der Waals surface area contributed by atoms with Gasteiger partial charge < -0.3 is 10.0 Å². The monoisotopic (exact) mass is 289 g/mol. The van der Waals surface area contributed by atoms with Gasteiger partial charge in [-0.25, -0.2) is 0 Å². The molecular weight excluding hydrogens is 271 g/mol. The van der Waals surface area contributed by atoms with Crippen molar-refractivity contribution in [1.82, 2.24) is 0 Å². The van der Waals surface area contributed by atoms with Crippen molar-refractivity contribution < 1.29 is 10.0 Å². The molecule has 3 aromatic rings. The highest BCUT2D eigenvalue weighted by Crippen LogP contribution is 2.31. The normalized spacial score (nSPS) is 9.77. The van der Waals surface area contributed by atoms with E-state index in [-0.39, 0.29) is 7.69 Å². The van der Waals surface area contributed by atoms with E-state index in [0.717, 1.165) is 0 Å². The molecule has 109 valence electrons. The van der Waals surface area contributed by atoms with Crippen LogP contribution >= 0.6 is 0 Å². The molecule has 22 heavy (non-hydrogen) atoms. The molecule has 3 aromatic carbocycles. The Morgan fingerprint density at radius 3 is 0.955 bits per heavy atom. The average Bonchev–Trinajstić information content (AvgIpc) is 2.59. The van der Waals surface area contributed by atoms with Gasteiger partial charge in [0.15, 0.2) is 0 Å². The van der Waals surface area contributed by atoms with Crippen LogP contribution in [-0.4, -0.2) is 17.7 Å². The van der Waals surface area contributed by atoms with Gasteiger partial charge in [0.25, 0.3) is 0 Å². The Hall–Kier alpha value is -2.36. The summed E-state index contributed by atoms with van der Waals surface area (Å²) in [6, 6.07) is 32.0. The molecule has 1 radical (unpaired) electrons. The standard InChI is InChI=1S/C19H16.BH2O2/c1-4-10-16(11-5-1)19(17-12-6-2-7-13-17)18-14-8-3-9-15-18;2-1-3/h1-15,19H;2-3H. The maximum Gasteiger partial charge on any atom is 0.482 e. The van der Waals surface area contributed by atoms with E-state index in [0.29, 0.717) is 5.92 Å². The maximum atomic E-state index is 7.00. The molecule has 0 aromatic heterocycles. The summed E-state index contributed by atoms with van der Waals surface area (Å²) in [6.45, 7) is 0. The van der Waals surface area contributed by atoms with Gasteiger partial charge in [0, 0.05) is 5.92 Å². The first-order valence-corrected chi connectivity index (χ1v) is 7.11. The van der Waals surface area contributed by atoms with E-state index in [1.54, 1.807) is 0 Å². The van der Waals surface area contributed by atoms with Crippen LogP contribution in [-0.2, 0) is 0 Å². The van der Waals surface area contributed by atoms with Crippen LogP contribution in [0.2, 0.25) is 0 Å². The third-order valence-electron chi connectivity index (χ3n) is 3.40. The number of hydrogen-bond acceptors (Lipinski definition) is 2. The van der Waals surface area contributed by atoms with Gasteiger partial charge in [0.1, 0.15) is 0 Å². The van der Waals surface area contributed by atoms with Crippen LogP contribution in [0.15, 0.2) is 91.0 Å². The first-order valence-electron chi connectivity index (χ1n) is 7.11. The molecule has 3 heteroatoms. The highest BCUT2D eigenvalue weighted by Gasteiger charge is 2.15. The summed E-state index contributed by atoms with van der Waals surface area (Å²) in [5.74, 6) is 0.309. The minimum atomic E-state index is 0. The van der Waals surface area contributed by atoms with Crippen molar-refractivity contribution >= 4 is 7.69 Å². The van der Waals surface area contributed by atoms with Crippen LogP contribution in [0.5, 0.6) is 0 Å². The minimum Gasteiger partial charge on any atom is -0.429 e. The first-order chi connectivity index (χ1) is 10.9. The van der Waals surface area contributed by atoms with Gasteiger partial charge in [-0.2, -0.15) is 0 Å². The molecule has 0 spiro atoms. The van der Waals surface area contributed by atoms with Crippen molar-refractivity contribution in [3.8, 4) is 0 Å². The summed E-state index contributed by atoms with van der Waals surface area (Å²) in [5.41, 5.74) is 4.00. The highest BCUT2D eigenvalue weighted by molar-refractivity contribution is 6.13. The summed E-state index contributed by atoms with van der Waals surface area (Å²) < 4.78 is 0. The zero-order valence-corrected chi connectivity index (χ0v) is 12.2. The zero-order valence-electron chi connectivity index (χ0n) is 12.2. The molecule has 0 amide bonds. The van der Waals surface area contributed by atoms with Crippen molar-refractivity contribution in [2.24, 2.45) is 0 Å². The maximum absolute atomic E-state index is 7.00. The molecule has 0 atom stereocenters. The van der Waals surface area contributed by atoms with E-state index in [1.807, 2.05) is 0 Å². The SMILES string of the molecule is O[B]O.c1ccc(C(c2ccccc2)c2ccccc2)cc1. The third kappa shape index (κ3) is 4.32. The van der Waals surface area contributed by atoms with Crippen LogP contribution in [0.3, 0.4) is 0 Å². The predicted molar refractivity (Wildman–Crippen MR) is 90.5 cm³/mol. The molecule has 2 nitrogen and oxygen atoms in total. The van der Waals surface area contributed by atoms with E-state index in [1.165, 1.54) is 16.7 Å². The van der Waals surface area contributed by atoms with Crippen LogP contribution in [0.1, 0.15) is 22.6 Å². The highest BCUT2D eigenvalue weighted by atomic mass is 16.4. The molecule has 0 saturated heterocycles. The molecule has 0 saturated carbocycles. The van der Waals surface area contributed by atoms with Crippen molar-refractivity contribution in [3.05, 3.63) is 108 Å². The molecule has 0 fully saturated rings. The Morgan fingerprint density at radius 2 is 0.727 bits per heavy atom. The second kappa shape index (κ2) is 8.83. The lowest BCUT2D eigenvalue weighted by molar-refractivity contribution is 0.448. The molecule has 0 aliphatic carbocycles. The summed E-state index contributed by atoms with van der Waals surface area (Å²) in [6.07, 6.45) is 0. The fraction of sp³-hybridized carbons (Fsp3) is 0.0526. The van der Waals surface area contributed by atoms with Crippen LogP contribution in [0.25, 0.3) is 0 Å². The molecule has 2 N–H and O–H groups in total. The van der Waals surface area contributed by atoms with Crippen LogP contribution < -0.4 is 0 Å². The predicted octanol–water partition coefficient (Wildman–Crippen LogP) is 3.37. The quantitative estimate of drug-likeness (QED) is 0.573. The van der Waals surface area contributed by atoms with E-state index in [4.69, 9.17) is 10.0 Å². The molecule has 0 unspecified atom stereocenters. The average molecular weight is 289 g/mol. The Balaban J connectivity index is 0.000000545. The van der Waals surface area contributed by atoms with Gasteiger partial charge in [-0.05, 0) is 16.7 Å². The molecule has 0 aliphatic heterocycles. The van der Waals surface area contributed by atoms with Crippen molar-refractivity contribution in [2.75, 3.05) is 0 Å². The second-order valence-electron chi connectivity index (χ2n) is 4.78. The van der Waals surface area contributed by atoms with Gasteiger partial charge in [-0.3, -0.25) is 0 Å². The summed E-state index contributed by atoms with van der Waals surface area (Å²) in [4.78, 5) is 0. The van der Waals surface area contributed by atoms with Crippen LogP contribution in [0, 0.1) is 0 Å².